The summed E-state index contributed by atoms with van der Waals surface area (Å²) in [6.07, 6.45) is 4.93. The van der Waals surface area contributed by atoms with Crippen molar-refractivity contribution in [2.24, 2.45) is 0 Å². The van der Waals surface area contributed by atoms with Gasteiger partial charge in [-0.3, -0.25) is 0 Å². The number of alkyl carbamates (subject to hydrolysis) is 1. The van der Waals surface area contributed by atoms with E-state index in [9.17, 15) is 4.79 Å². The fraction of sp³-hybridized carbons (Fsp3) is 0.400. The molecule has 0 aromatic carbocycles. The van der Waals surface area contributed by atoms with E-state index in [1.165, 1.54) is 0 Å². The fourth-order valence-corrected chi connectivity index (χ4v) is 1.50. The van der Waals surface area contributed by atoms with Crippen LogP contribution in [0.3, 0.4) is 0 Å². The van der Waals surface area contributed by atoms with Gasteiger partial charge in [-0.15, -0.1) is 0 Å². The van der Waals surface area contributed by atoms with Gasteiger partial charge in [0.05, 0.1) is 6.54 Å². The van der Waals surface area contributed by atoms with Gasteiger partial charge in [0, 0.05) is 5.22 Å². The van der Waals surface area contributed by atoms with Crippen LogP contribution < -0.4 is 16.0 Å². The average Bonchev–Trinajstić information content (AvgIpc) is 2.67. The second-order valence-electron chi connectivity index (χ2n) is 5.08. The van der Waals surface area contributed by atoms with Crippen LogP contribution in [0.4, 0.5) is 4.79 Å². The summed E-state index contributed by atoms with van der Waals surface area (Å²) in [5.41, 5.74) is 0.232. The molecule has 0 unspecified atom stereocenters. The Morgan fingerprint density at radius 3 is 2.74 bits per heavy atom. The molecule has 1 rings (SSSR count). The van der Waals surface area contributed by atoms with Gasteiger partial charge < -0.3 is 14.5 Å². The highest BCUT2D eigenvalue weighted by Gasteiger charge is 2.15. The first-order valence-corrected chi connectivity index (χ1v) is 6.20. The summed E-state index contributed by atoms with van der Waals surface area (Å²) in [6, 6.07) is 1.88. The summed E-state index contributed by atoms with van der Waals surface area (Å²) in [6.45, 7) is 11.3. The molecular formula is C15H21NO3. The lowest BCUT2D eigenvalue weighted by Gasteiger charge is -2.19. The second-order valence-corrected chi connectivity index (χ2v) is 5.08. The monoisotopic (exact) mass is 263 g/mol. The van der Waals surface area contributed by atoms with Crippen molar-refractivity contribution in [1.29, 1.82) is 0 Å². The van der Waals surface area contributed by atoms with E-state index < -0.39 is 11.7 Å². The topological polar surface area (TPSA) is 51.5 Å². The van der Waals surface area contributed by atoms with E-state index in [0.717, 1.165) is 10.6 Å². The lowest BCUT2D eigenvalue weighted by atomic mass is 10.2. The zero-order valence-electron chi connectivity index (χ0n) is 11.9. The molecule has 0 spiro atoms. The molecule has 1 N–H and O–H groups in total. The van der Waals surface area contributed by atoms with Crippen molar-refractivity contribution >= 4 is 18.2 Å². The molecule has 1 heterocycles. The number of carbonyl (C=O) groups is 1. The predicted octanol–water partition coefficient (Wildman–Crippen LogP) is 2.07. The van der Waals surface area contributed by atoms with Crippen LogP contribution in [0.2, 0.25) is 0 Å². The number of hydrogen-bond acceptors (Lipinski definition) is 3. The highest BCUT2D eigenvalue weighted by Crippen LogP contribution is 2.06. The smallest absolute Gasteiger partial charge is 0.408 e. The van der Waals surface area contributed by atoms with Crippen LogP contribution >= 0.6 is 0 Å². The maximum absolute atomic E-state index is 11.5. The molecule has 4 nitrogen and oxygen atoms in total. The standard InChI is InChI=1S/C15H21NO3/c1-6-8-13-11(7-2)9-12(18-13)10-16-14(17)19-15(3,4)5/h6-9H,1,10H2,2-5H3,(H,16,17)/b11-7-,13-8+. The van der Waals surface area contributed by atoms with Crippen molar-refractivity contribution in [3.63, 3.8) is 0 Å². The fourth-order valence-electron chi connectivity index (χ4n) is 1.50. The minimum atomic E-state index is -0.503. The maximum atomic E-state index is 11.5. The molecule has 1 aromatic heterocycles. The van der Waals surface area contributed by atoms with Gasteiger partial charge in [0.15, 0.2) is 0 Å². The van der Waals surface area contributed by atoms with Crippen LogP contribution in [0.15, 0.2) is 23.1 Å². The summed E-state index contributed by atoms with van der Waals surface area (Å²) in [5, 5.41) is 3.63. The molecule has 0 bridgehead atoms. The summed E-state index contributed by atoms with van der Waals surface area (Å²) in [4.78, 5) is 11.5. The van der Waals surface area contributed by atoms with Crippen molar-refractivity contribution in [1.82, 2.24) is 5.32 Å². The summed E-state index contributed by atoms with van der Waals surface area (Å²) >= 11 is 0. The normalized spacial score (nSPS) is 13.5. The molecule has 104 valence electrons. The number of rotatable bonds is 3. The van der Waals surface area contributed by atoms with Gasteiger partial charge in [-0.05, 0) is 39.8 Å². The molecule has 0 radical (unpaired) electrons. The maximum Gasteiger partial charge on any atom is 0.408 e. The quantitative estimate of drug-likeness (QED) is 0.908. The Hall–Kier alpha value is -1.97. The molecule has 0 fully saturated rings. The van der Waals surface area contributed by atoms with Crippen molar-refractivity contribution in [3.05, 3.63) is 35.1 Å². The van der Waals surface area contributed by atoms with E-state index in [2.05, 4.69) is 11.9 Å². The van der Waals surface area contributed by atoms with Gasteiger partial charge >= 0.3 is 6.09 Å². The number of hydrogen-bond donors (Lipinski definition) is 1. The minimum absolute atomic E-state index is 0.292. The molecule has 1 amide bonds. The number of carbonyl (C=O) groups excluding carboxylic acids is 1. The molecule has 0 atom stereocenters. The van der Waals surface area contributed by atoms with Crippen LogP contribution in [-0.4, -0.2) is 11.7 Å². The summed E-state index contributed by atoms with van der Waals surface area (Å²) in [7, 11) is 0. The minimum Gasteiger partial charge on any atom is -0.459 e. The third-order valence-corrected chi connectivity index (χ3v) is 2.23. The van der Waals surface area contributed by atoms with E-state index in [0.29, 0.717) is 12.3 Å². The van der Waals surface area contributed by atoms with E-state index in [4.69, 9.17) is 9.15 Å². The summed E-state index contributed by atoms with van der Waals surface area (Å²) in [5.74, 6) is 0.673. The van der Waals surface area contributed by atoms with Gasteiger partial charge in [-0.1, -0.05) is 18.7 Å². The van der Waals surface area contributed by atoms with Gasteiger partial charge in [0.1, 0.15) is 16.8 Å². The highest BCUT2D eigenvalue weighted by molar-refractivity contribution is 5.67. The molecule has 4 heteroatoms. The first-order chi connectivity index (χ1) is 8.85. The Morgan fingerprint density at radius 1 is 1.53 bits per heavy atom. The van der Waals surface area contributed by atoms with Crippen molar-refractivity contribution in [2.75, 3.05) is 0 Å². The first-order valence-electron chi connectivity index (χ1n) is 6.20. The third-order valence-electron chi connectivity index (χ3n) is 2.23. The van der Waals surface area contributed by atoms with Crippen molar-refractivity contribution in [2.45, 2.75) is 39.8 Å². The zero-order chi connectivity index (χ0) is 14.5. The number of amides is 1. The average molecular weight is 263 g/mol. The molecule has 0 saturated carbocycles. The van der Waals surface area contributed by atoms with Crippen LogP contribution in [-0.2, 0) is 11.3 Å². The Kier molecular flexibility index (Phi) is 4.98. The molecule has 1 aromatic rings. The van der Waals surface area contributed by atoms with E-state index in [1.54, 1.807) is 12.2 Å². The van der Waals surface area contributed by atoms with E-state index in [-0.39, 0.29) is 0 Å². The van der Waals surface area contributed by atoms with Gasteiger partial charge in [-0.25, -0.2) is 4.79 Å². The molecule has 0 saturated heterocycles. The first kappa shape index (κ1) is 15.1. The summed E-state index contributed by atoms with van der Waals surface area (Å²) < 4.78 is 10.7. The lowest BCUT2D eigenvalue weighted by molar-refractivity contribution is 0.0519. The van der Waals surface area contributed by atoms with Crippen molar-refractivity contribution < 1.29 is 13.9 Å². The zero-order valence-corrected chi connectivity index (χ0v) is 11.9. The Morgan fingerprint density at radius 2 is 2.21 bits per heavy atom. The van der Waals surface area contributed by atoms with Crippen LogP contribution in [0.1, 0.15) is 33.5 Å². The molecule has 19 heavy (non-hydrogen) atoms. The Bertz CT molecular complexity index is 561. The van der Waals surface area contributed by atoms with Gasteiger partial charge in [0.25, 0.3) is 0 Å². The third kappa shape index (κ3) is 5.04. The molecule has 0 aliphatic rings. The lowest BCUT2D eigenvalue weighted by Crippen LogP contribution is -2.32. The second kappa shape index (κ2) is 6.27. The molecular weight excluding hydrogens is 242 g/mol. The number of allylic oxidation sites excluding steroid dienone is 1. The van der Waals surface area contributed by atoms with Gasteiger partial charge in [-0.2, -0.15) is 0 Å². The van der Waals surface area contributed by atoms with Crippen LogP contribution in [0.25, 0.3) is 12.2 Å². The molecule has 0 aliphatic carbocycles. The Labute approximate surface area is 113 Å². The largest absolute Gasteiger partial charge is 0.459 e. The number of nitrogens with one attached hydrogen (secondary N) is 1. The van der Waals surface area contributed by atoms with Crippen LogP contribution in [0.5, 0.6) is 0 Å². The van der Waals surface area contributed by atoms with Crippen molar-refractivity contribution in [3.8, 4) is 0 Å². The predicted molar refractivity (Wildman–Crippen MR) is 75.8 cm³/mol. The van der Waals surface area contributed by atoms with E-state index in [1.807, 2.05) is 39.8 Å². The number of ether oxygens (including phenoxy) is 1. The number of furan rings is 1. The highest BCUT2D eigenvalue weighted by atomic mass is 16.6. The van der Waals surface area contributed by atoms with Crippen LogP contribution in [0, 0.1) is 0 Å². The van der Waals surface area contributed by atoms with E-state index >= 15 is 0 Å². The Balaban J connectivity index is 2.72. The molecule has 0 aliphatic heterocycles. The van der Waals surface area contributed by atoms with Gasteiger partial charge in [0.2, 0.25) is 0 Å². The SMILES string of the molecule is C=C/C=c1/oc(CNC(=O)OC(C)(C)C)c/c1=C/C.